The van der Waals surface area contributed by atoms with E-state index in [0.29, 0.717) is 6.42 Å². The molecule has 19 heavy (non-hydrogen) atoms. The van der Waals surface area contributed by atoms with Crippen LogP contribution in [0.1, 0.15) is 20.3 Å². The number of sulfonamides is 1. The monoisotopic (exact) mass is 297 g/mol. The van der Waals surface area contributed by atoms with E-state index in [1.54, 1.807) is 6.92 Å². The number of rotatable bonds is 5. The summed E-state index contributed by atoms with van der Waals surface area (Å²) in [4.78, 5) is -0.109. The molecule has 0 aliphatic heterocycles. The van der Waals surface area contributed by atoms with E-state index >= 15 is 0 Å². The minimum absolute atomic E-state index is 0.109. The van der Waals surface area contributed by atoms with Crippen LogP contribution in [0.5, 0.6) is 5.75 Å². The van der Waals surface area contributed by atoms with Gasteiger partial charge in [-0.25, -0.2) is 13.1 Å². The molecule has 0 saturated heterocycles. The summed E-state index contributed by atoms with van der Waals surface area (Å²) in [5.41, 5.74) is 0. The Hall–Kier alpha value is -1.28. The molecule has 1 aromatic rings. The maximum atomic E-state index is 11.9. The zero-order valence-corrected chi connectivity index (χ0v) is 11.2. The van der Waals surface area contributed by atoms with E-state index in [4.69, 9.17) is 0 Å². The molecule has 0 amide bonds. The Morgan fingerprint density at radius 1 is 1.26 bits per heavy atom. The van der Waals surface area contributed by atoms with Crippen molar-refractivity contribution in [1.29, 1.82) is 0 Å². The van der Waals surface area contributed by atoms with Crippen molar-refractivity contribution in [2.24, 2.45) is 0 Å². The highest BCUT2D eigenvalue weighted by atomic mass is 32.2. The van der Waals surface area contributed by atoms with Gasteiger partial charge in [0.25, 0.3) is 0 Å². The number of halogens is 3. The minimum atomic E-state index is -4.80. The summed E-state index contributed by atoms with van der Waals surface area (Å²) in [6.45, 7) is 3.51. The Bertz CT molecular complexity index is 511. The van der Waals surface area contributed by atoms with Crippen LogP contribution in [-0.2, 0) is 10.0 Å². The van der Waals surface area contributed by atoms with Gasteiger partial charge in [-0.15, -0.1) is 13.2 Å². The summed E-state index contributed by atoms with van der Waals surface area (Å²) >= 11 is 0. The maximum absolute atomic E-state index is 11.9. The molecule has 1 rings (SSSR count). The predicted molar refractivity (Wildman–Crippen MR) is 63.2 cm³/mol. The van der Waals surface area contributed by atoms with E-state index in [9.17, 15) is 21.6 Å². The molecule has 0 fully saturated rings. The summed E-state index contributed by atoms with van der Waals surface area (Å²) in [5, 5.41) is 0. The van der Waals surface area contributed by atoms with Gasteiger partial charge in [-0.2, -0.15) is 0 Å². The van der Waals surface area contributed by atoms with Gasteiger partial charge in [-0.3, -0.25) is 0 Å². The fourth-order valence-electron chi connectivity index (χ4n) is 1.24. The van der Waals surface area contributed by atoms with E-state index in [0.717, 1.165) is 24.3 Å². The Balaban J connectivity index is 2.87. The molecule has 1 unspecified atom stereocenters. The summed E-state index contributed by atoms with van der Waals surface area (Å²) in [6.07, 6.45) is -4.19. The van der Waals surface area contributed by atoms with E-state index in [1.807, 2.05) is 6.92 Å². The van der Waals surface area contributed by atoms with Gasteiger partial charge in [-0.1, -0.05) is 6.92 Å². The first-order chi connectivity index (χ1) is 8.64. The Morgan fingerprint density at radius 3 is 2.21 bits per heavy atom. The van der Waals surface area contributed by atoms with Crippen LogP contribution in [0.3, 0.4) is 0 Å². The number of nitrogens with one attached hydrogen (secondary N) is 1. The Labute approximate surface area is 109 Å². The topological polar surface area (TPSA) is 55.4 Å². The lowest BCUT2D eigenvalue weighted by atomic mass is 10.3. The predicted octanol–water partition coefficient (Wildman–Crippen LogP) is 2.66. The van der Waals surface area contributed by atoms with Crippen LogP contribution in [0.2, 0.25) is 0 Å². The molecule has 0 spiro atoms. The second-order valence-corrected chi connectivity index (χ2v) is 5.66. The standard InChI is InChI=1S/C11H14F3NO3S/c1-3-8(2)15-19(16,17)10-6-4-9(5-7-10)18-11(12,13)14/h4-8,15H,3H2,1-2H3. The molecule has 0 aliphatic carbocycles. The summed E-state index contributed by atoms with van der Waals surface area (Å²) in [5.74, 6) is -0.463. The molecule has 0 aromatic heterocycles. The van der Waals surface area contributed by atoms with Gasteiger partial charge in [-0.05, 0) is 37.6 Å². The molecule has 0 bridgehead atoms. The van der Waals surface area contributed by atoms with Crippen molar-refractivity contribution in [3.63, 3.8) is 0 Å². The first kappa shape index (κ1) is 15.8. The smallest absolute Gasteiger partial charge is 0.406 e. The number of ether oxygens (including phenoxy) is 1. The largest absolute Gasteiger partial charge is 0.573 e. The second kappa shape index (κ2) is 5.79. The molecular weight excluding hydrogens is 283 g/mol. The van der Waals surface area contributed by atoms with Gasteiger partial charge in [0.05, 0.1) is 4.90 Å². The molecule has 1 N–H and O–H groups in total. The van der Waals surface area contributed by atoms with Gasteiger partial charge in [0, 0.05) is 6.04 Å². The van der Waals surface area contributed by atoms with E-state index < -0.39 is 22.1 Å². The number of benzene rings is 1. The summed E-state index contributed by atoms with van der Waals surface area (Å²) < 4.78 is 65.5. The number of hydrogen-bond donors (Lipinski definition) is 1. The molecule has 108 valence electrons. The van der Waals surface area contributed by atoms with Crippen LogP contribution in [0, 0.1) is 0 Å². The summed E-state index contributed by atoms with van der Waals surface area (Å²) in [6, 6.07) is 3.78. The van der Waals surface area contributed by atoms with Crippen molar-refractivity contribution in [3.05, 3.63) is 24.3 Å². The van der Waals surface area contributed by atoms with Crippen molar-refractivity contribution in [1.82, 2.24) is 4.72 Å². The molecule has 0 radical (unpaired) electrons. The minimum Gasteiger partial charge on any atom is -0.406 e. The second-order valence-electron chi connectivity index (χ2n) is 3.95. The van der Waals surface area contributed by atoms with Crippen LogP contribution in [-0.4, -0.2) is 20.8 Å². The molecule has 1 aromatic carbocycles. The highest BCUT2D eigenvalue weighted by Gasteiger charge is 2.31. The van der Waals surface area contributed by atoms with Gasteiger partial charge >= 0.3 is 6.36 Å². The quantitative estimate of drug-likeness (QED) is 0.909. The molecule has 8 heteroatoms. The average molecular weight is 297 g/mol. The maximum Gasteiger partial charge on any atom is 0.573 e. The molecule has 0 aliphatic rings. The third-order valence-corrected chi connectivity index (χ3v) is 3.94. The zero-order valence-electron chi connectivity index (χ0n) is 10.4. The molecule has 0 saturated carbocycles. The summed E-state index contributed by atoms with van der Waals surface area (Å²) in [7, 11) is -3.72. The molecule has 4 nitrogen and oxygen atoms in total. The van der Waals surface area contributed by atoms with E-state index in [2.05, 4.69) is 9.46 Å². The van der Waals surface area contributed by atoms with Crippen molar-refractivity contribution >= 4 is 10.0 Å². The van der Waals surface area contributed by atoms with Gasteiger partial charge in [0.2, 0.25) is 10.0 Å². The van der Waals surface area contributed by atoms with Gasteiger partial charge in [0.15, 0.2) is 0 Å². The molecular formula is C11H14F3NO3S. The van der Waals surface area contributed by atoms with Crippen LogP contribution in [0.4, 0.5) is 13.2 Å². The van der Waals surface area contributed by atoms with E-state index in [1.165, 1.54) is 0 Å². The van der Waals surface area contributed by atoms with Crippen LogP contribution >= 0.6 is 0 Å². The lowest BCUT2D eigenvalue weighted by Gasteiger charge is -2.13. The lowest BCUT2D eigenvalue weighted by molar-refractivity contribution is -0.274. The average Bonchev–Trinajstić information content (AvgIpc) is 2.26. The molecule has 1 atom stereocenters. The van der Waals surface area contributed by atoms with Gasteiger partial charge < -0.3 is 4.74 Å². The van der Waals surface area contributed by atoms with Crippen molar-refractivity contribution in [2.75, 3.05) is 0 Å². The zero-order chi connectivity index (χ0) is 14.7. The van der Waals surface area contributed by atoms with Crippen LogP contribution < -0.4 is 9.46 Å². The SMILES string of the molecule is CCC(C)NS(=O)(=O)c1ccc(OC(F)(F)F)cc1. The fourth-order valence-corrected chi connectivity index (χ4v) is 2.56. The molecule has 0 heterocycles. The Kier molecular flexibility index (Phi) is 4.81. The third kappa shape index (κ3) is 5.07. The number of alkyl halides is 3. The van der Waals surface area contributed by atoms with Crippen molar-refractivity contribution in [3.8, 4) is 5.75 Å². The highest BCUT2D eigenvalue weighted by Crippen LogP contribution is 2.23. The highest BCUT2D eigenvalue weighted by molar-refractivity contribution is 7.89. The lowest BCUT2D eigenvalue weighted by Crippen LogP contribution is -2.31. The van der Waals surface area contributed by atoms with Gasteiger partial charge in [0.1, 0.15) is 5.75 Å². The van der Waals surface area contributed by atoms with E-state index in [-0.39, 0.29) is 10.9 Å². The first-order valence-corrected chi connectivity index (χ1v) is 7.00. The van der Waals surface area contributed by atoms with Crippen molar-refractivity contribution in [2.45, 2.75) is 37.6 Å². The van der Waals surface area contributed by atoms with Crippen molar-refractivity contribution < 1.29 is 26.3 Å². The van der Waals surface area contributed by atoms with Crippen LogP contribution in [0.15, 0.2) is 29.2 Å². The van der Waals surface area contributed by atoms with Crippen LogP contribution in [0.25, 0.3) is 0 Å². The fraction of sp³-hybridized carbons (Fsp3) is 0.455. The number of hydrogen-bond acceptors (Lipinski definition) is 3. The third-order valence-electron chi connectivity index (χ3n) is 2.34. The normalized spacial score (nSPS) is 14.2. The Morgan fingerprint density at radius 2 is 1.79 bits per heavy atom. The first-order valence-electron chi connectivity index (χ1n) is 5.52.